The number of amides is 1. The molecule has 7 rings (SSSR count). The van der Waals surface area contributed by atoms with Crippen molar-refractivity contribution in [3.63, 3.8) is 0 Å². The number of halogens is 2. The van der Waals surface area contributed by atoms with Gasteiger partial charge in [0, 0.05) is 44.5 Å². The number of morpholine rings is 1. The van der Waals surface area contributed by atoms with E-state index in [1.807, 2.05) is 12.1 Å². The molecule has 3 atom stereocenters. The van der Waals surface area contributed by atoms with Crippen LogP contribution in [0.2, 0.25) is 0 Å². The number of H-pyrrole nitrogens is 1. The van der Waals surface area contributed by atoms with Crippen LogP contribution in [0.25, 0.3) is 17.0 Å². The van der Waals surface area contributed by atoms with Gasteiger partial charge in [0.25, 0.3) is 6.43 Å². The van der Waals surface area contributed by atoms with Gasteiger partial charge >= 0.3 is 12.1 Å². The topological polar surface area (TPSA) is 155 Å². The number of carboxylic acids is 1. The molecule has 4 aliphatic rings. The summed E-state index contributed by atoms with van der Waals surface area (Å²) in [5.74, 6) is -1.48. The smallest absolute Gasteiger partial charge is 0.410 e. The number of alkyl halides is 2. The summed E-state index contributed by atoms with van der Waals surface area (Å²) in [6.45, 7) is 6.84. The van der Waals surface area contributed by atoms with Crippen LogP contribution in [0, 0.1) is 0 Å². The van der Waals surface area contributed by atoms with Crippen LogP contribution in [0.5, 0.6) is 5.88 Å². The van der Waals surface area contributed by atoms with Gasteiger partial charge < -0.3 is 43.7 Å². The number of carbonyl (C=O) groups is 2. The molecule has 1 spiro atoms. The number of rotatable bonds is 9. The van der Waals surface area contributed by atoms with Gasteiger partial charge in [-0.15, -0.1) is 0 Å². The highest BCUT2D eigenvalue weighted by atomic mass is 19.3. The summed E-state index contributed by atoms with van der Waals surface area (Å²) in [5, 5.41) is 10.2. The Morgan fingerprint density at radius 1 is 1.22 bits per heavy atom. The molecule has 14 nitrogen and oxygen atoms in total. The number of anilines is 2. The van der Waals surface area contributed by atoms with Crippen molar-refractivity contribution in [1.82, 2.24) is 24.8 Å². The van der Waals surface area contributed by atoms with E-state index >= 15 is 0 Å². The molecule has 3 aromatic heterocycles. The average molecular weight is 682 g/mol. The van der Waals surface area contributed by atoms with Gasteiger partial charge in [-0.1, -0.05) is 6.08 Å². The van der Waals surface area contributed by atoms with E-state index in [0.717, 1.165) is 11.1 Å². The predicted octanol–water partition coefficient (Wildman–Crippen LogP) is 3.76. The Hall–Kier alpha value is -4.83. The molecule has 0 aliphatic carbocycles. The van der Waals surface area contributed by atoms with Crippen molar-refractivity contribution in [3.05, 3.63) is 54.1 Å². The van der Waals surface area contributed by atoms with Crippen molar-refractivity contribution in [2.45, 2.75) is 50.5 Å². The minimum absolute atomic E-state index is 0.0553. The molecule has 3 fully saturated rings. The molecular formula is C33H37F2N7O7. The third kappa shape index (κ3) is 6.25. The molecule has 3 aromatic rings. The monoisotopic (exact) mass is 681 g/mol. The fourth-order valence-electron chi connectivity index (χ4n) is 6.79. The van der Waals surface area contributed by atoms with Crippen LogP contribution in [0.1, 0.15) is 38.1 Å². The molecule has 0 aromatic carbocycles. The maximum atomic E-state index is 13.9. The number of hydrogen-bond donors (Lipinski definition) is 2. The van der Waals surface area contributed by atoms with Crippen LogP contribution in [0.15, 0.2) is 42.7 Å². The highest BCUT2D eigenvalue weighted by molar-refractivity contribution is 5.80. The molecule has 7 heterocycles. The largest absolute Gasteiger partial charge is 0.480 e. The lowest BCUT2D eigenvalue weighted by Crippen LogP contribution is -2.68. The quantitative estimate of drug-likeness (QED) is 0.338. The molecule has 0 radical (unpaired) electrons. The zero-order valence-electron chi connectivity index (χ0n) is 27.1. The molecule has 49 heavy (non-hydrogen) atoms. The Kier molecular flexibility index (Phi) is 8.83. The number of carbonyl (C=O) groups excluding carboxylic acids is 1. The zero-order chi connectivity index (χ0) is 34.3. The van der Waals surface area contributed by atoms with Gasteiger partial charge in [0.2, 0.25) is 5.88 Å². The molecular weight excluding hydrogens is 644 g/mol. The minimum Gasteiger partial charge on any atom is -0.480 e. The molecule has 1 amide bonds. The van der Waals surface area contributed by atoms with E-state index in [0.29, 0.717) is 56.7 Å². The number of carboxylic acid groups (broad SMARTS) is 1. The van der Waals surface area contributed by atoms with Crippen molar-refractivity contribution in [3.8, 4) is 17.3 Å². The van der Waals surface area contributed by atoms with E-state index in [2.05, 4.69) is 26.8 Å². The first-order valence-electron chi connectivity index (χ1n) is 16.2. The molecule has 260 valence electrons. The molecule has 3 saturated heterocycles. The van der Waals surface area contributed by atoms with Gasteiger partial charge in [-0.3, -0.25) is 0 Å². The van der Waals surface area contributed by atoms with E-state index in [-0.39, 0.29) is 37.1 Å². The standard InChI is InChI=1S/C33H37F2N7O7/c1-3-47-32(45)40-8-6-20(15-40)21-11-25(41-9-10-48-33(19(41)2)17-46-18-33)30(37-14-21)49-22-12-26(31(43)44)42(16-22)27-13-24(23-5-4-7-36-23)38-29(39-27)28(34)35/h4-7,11,13-14,19,22,26,28,36H,3,8-10,12,15-18H2,1-2H3,(H,43,44)/t19-,22-,26-/m0/s1. The molecule has 0 saturated carbocycles. The lowest BCUT2D eigenvalue weighted by atomic mass is 9.90. The Labute approximate surface area is 280 Å². The number of ether oxygens (including phenoxy) is 4. The number of nitrogens with one attached hydrogen (secondary N) is 1. The fourth-order valence-corrected chi connectivity index (χ4v) is 6.79. The summed E-state index contributed by atoms with van der Waals surface area (Å²) >= 11 is 0. The van der Waals surface area contributed by atoms with Crippen LogP contribution >= 0.6 is 0 Å². The number of hydrogen-bond acceptors (Lipinski definition) is 11. The van der Waals surface area contributed by atoms with Crippen molar-refractivity contribution in [2.24, 2.45) is 0 Å². The Balaban J connectivity index is 1.19. The maximum absolute atomic E-state index is 13.9. The third-order valence-corrected chi connectivity index (χ3v) is 9.52. The highest BCUT2D eigenvalue weighted by Crippen LogP contribution is 2.41. The summed E-state index contributed by atoms with van der Waals surface area (Å²) < 4.78 is 51.2. The first-order chi connectivity index (χ1) is 23.7. The molecule has 2 N–H and O–H groups in total. The van der Waals surface area contributed by atoms with Gasteiger partial charge in [-0.25, -0.2) is 33.3 Å². The SMILES string of the molecule is CCOC(=O)N1CC=C(c2cnc(O[C@H]3C[C@@H](C(=O)O)N(c4cc(-c5ccc[nH]5)nc(C(F)F)n4)C3)c(N3CCOC4(COC4)[C@@H]3C)c2)C1. The Morgan fingerprint density at radius 2 is 2.06 bits per heavy atom. The van der Waals surface area contributed by atoms with Crippen molar-refractivity contribution in [2.75, 3.05) is 62.4 Å². The normalized spacial score (nSPS) is 23.2. The second-order valence-electron chi connectivity index (χ2n) is 12.5. The van der Waals surface area contributed by atoms with Crippen LogP contribution in [0.3, 0.4) is 0 Å². The first-order valence-corrected chi connectivity index (χ1v) is 16.2. The van der Waals surface area contributed by atoms with Crippen LogP contribution < -0.4 is 14.5 Å². The van der Waals surface area contributed by atoms with Crippen molar-refractivity contribution in [1.29, 1.82) is 0 Å². The van der Waals surface area contributed by atoms with Gasteiger partial charge in [0.05, 0.1) is 50.4 Å². The minimum atomic E-state index is -2.96. The second-order valence-corrected chi connectivity index (χ2v) is 12.5. The number of pyridine rings is 1. The van der Waals surface area contributed by atoms with E-state index in [4.69, 9.17) is 23.9 Å². The summed E-state index contributed by atoms with van der Waals surface area (Å²) in [6.07, 6.45) is 1.32. The van der Waals surface area contributed by atoms with Gasteiger partial charge in [-0.05, 0) is 43.2 Å². The molecule has 4 aliphatic heterocycles. The van der Waals surface area contributed by atoms with E-state index in [1.165, 1.54) is 11.0 Å². The zero-order valence-corrected chi connectivity index (χ0v) is 27.1. The summed E-state index contributed by atoms with van der Waals surface area (Å²) in [5.41, 5.74) is 2.64. The predicted molar refractivity (Wildman–Crippen MR) is 172 cm³/mol. The van der Waals surface area contributed by atoms with Gasteiger partial charge in [0.15, 0.2) is 5.82 Å². The number of aromatic nitrogens is 4. The van der Waals surface area contributed by atoms with E-state index in [1.54, 1.807) is 36.4 Å². The van der Waals surface area contributed by atoms with Crippen LogP contribution in [-0.2, 0) is 19.0 Å². The van der Waals surface area contributed by atoms with Crippen molar-refractivity contribution >= 4 is 29.1 Å². The molecule has 0 bridgehead atoms. The van der Waals surface area contributed by atoms with Gasteiger partial charge in [-0.2, -0.15) is 0 Å². The van der Waals surface area contributed by atoms with Crippen molar-refractivity contribution < 1.29 is 42.4 Å². The van der Waals surface area contributed by atoms with E-state index in [9.17, 15) is 23.5 Å². The van der Waals surface area contributed by atoms with Gasteiger partial charge in [0.1, 0.15) is 29.3 Å². The lowest BCUT2D eigenvalue weighted by Gasteiger charge is -2.53. The van der Waals surface area contributed by atoms with Crippen LogP contribution in [-0.4, -0.2) is 118 Å². The number of aliphatic carboxylic acids is 1. The lowest BCUT2D eigenvalue weighted by molar-refractivity contribution is -0.228. The van der Waals surface area contributed by atoms with E-state index < -0.39 is 42.1 Å². The third-order valence-electron chi connectivity index (χ3n) is 9.52. The summed E-state index contributed by atoms with van der Waals surface area (Å²) in [7, 11) is 0. The number of nitrogens with zero attached hydrogens (tertiary/aromatic N) is 6. The average Bonchev–Trinajstić information content (AvgIpc) is 3.86. The van der Waals surface area contributed by atoms with Crippen LogP contribution in [0.4, 0.5) is 25.1 Å². The first kappa shape index (κ1) is 32.7. The summed E-state index contributed by atoms with van der Waals surface area (Å²) in [6, 6.07) is 5.67. The Bertz CT molecular complexity index is 1740. The Morgan fingerprint density at radius 3 is 2.76 bits per heavy atom. The highest BCUT2D eigenvalue weighted by Gasteiger charge is 2.50. The molecule has 16 heteroatoms. The number of aromatic amines is 1. The maximum Gasteiger partial charge on any atom is 0.410 e. The summed E-state index contributed by atoms with van der Waals surface area (Å²) in [4.78, 5) is 45.9. The second kappa shape index (κ2) is 13.2. The fraction of sp³-hybridized carbons (Fsp3) is 0.485. The molecule has 0 unspecified atom stereocenters.